The van der Waals surface area contributed by atoms with Gasteiger partial charge in [-0.15, -0.1) is 0 Å². The highest BCUT2D eigenvalue weighted by Gasteiger charge is 2.17. The summed E-state index contributed by atoms with van der Waals surface area (Å²) in [4.78, 5) is 24.4. The van der Waals surface area contributed by atoms with Gasteiger partial charge in [0, 0.05) is 14.9 Å². The average molecular weight is 473 g/mol. The minimum Gasteiger partial charge on any atom is -0.423 e. The van der Waals surface area contributed by atoms with Crippen LogP contribution in [-0.2, 0) is 0 Å². The van der Waals surface area contributed by atoms with E-state index in [1.165, 1.54) is 6.07 Å². The van der Waals surface area contributed by atoms with Crippen molar-refractivity contribution < 1.29 is 13.9 Å². The Labute approximate surface area is 158 Å². The maximum Gasteiger partial charge on any atom is 0.351 e. The summed E-state index contributed by atoms with van der Waals surface area (Å²) in [5.41, 5.74) is 0.184. The molecular weight excluding hydrogens is 463 g/mol. The molecule has 122 valence electrons. The fourth-order valence-corrected chi connectivity index (χ4v) is 3.60. The first-order valence-corrected chi connectivity index (χ1v) is 8.73. The summed E-state index contributed by atoms with van der Waals surface area (Å²) < 4.78 is 11.9. The molecule has 0 aliphatic carbocycles. The van der Waals surface area contributed by atoms with Crippen molar-refractivity contribution >= 4 is 60.4 Å². The van der Waals surface area contributed by atoms with Crippen molar-refractivity contribution in [2.75, 3.05) is 0 Å². The second kappa shape index (κ2) is 6.70. The highest BCUT2D eigenvalue weighted by Crippen LogP contribution is 2.28. The summed E-state index contributed by atoms with van der Waals surface area (Å²) in [7, 11) is 0. The van der Waals surface area contributed by atoms with E-state index in [9.17, 15) is 9.59 Å². The number of benzene rings is 2. The third kappa shape index (κ3) is 3.41. The molecule has 3 rings (SSSR count). The van der Waals surface area contributed by atoms with Gasteiger partial charge in [-0.3, -0.25) is 0 Å². The predicted octanol–water partition coefficient (Wildman–Crippen LogP) is 5.50. The molecule has 0 aliphatic rings. The van der Waals surface area contributed by atoms with E-state index in [1.54, 1.807) is 37.3 Å². The molecule has 0 fully saturated rings. The van der Waals surface area contributed by atoms with E-state index in [0.717, 1.165) is 10.0 Å². The average Bonchev–Trinajstić information content (AvgIpc) is 2.51. The molecule has 0 bridgehead atoms. The van der Waals surface area contributed by atoms with Gasteiger partial charge in [0.15, 0.2) is 5.58 Å². The van der Waals surface area contributed by atoms with Crippen LogP contribution < -0.4 is 10.4 Å². The van der Waals surface area contributed by atoms with E-state index in [4.69, 9.17) is 20.8 Å². The first-order chi connectivity index (χ1) is 11.3. The molecule has 2 aromatic carbocycles. The third-order valence-corrected chi connectivity index (χ3v) is 4.78. The highest BCUT2D eigenvalue weighted by molar-refractivity contribution is 9.11. The van der Waals surface area contributed by atoms with Gasteiger partial charge in [0.25, 0.3) is 0 Å². The molecule has 0 N–H and O–H groups in total. The molecule has 0 radical (unpaired) electrons. The zero-order chi connectivity index (χ0) is 17.4. The Morgan fingerprint density at radius 3 is 2.62 bits per heavy atom. The Balaban J connectivity index is 2.01. The number of hydrogen-bond donors (Lipinski definition) is 0. The lowest BCUT2D eigenvalue weighted by atomic mass is 10.2. The van der Waals surface area contributed by atoms with Crippen LogP contribution in [0, 0.1) is 6.92 Å². The molecule has 0 spiro atoms. The Hall–Kier alpha value is -1.63. The Morgan fingerprint density at radius 2 is 1.92 bits per heavy atom. The molecule has 0 aliphatic heterocycles. The van der Waals surface area contributed by atoms with E-state index < -0.39 is 11.6 Å². The second-order valence-corrected chi connectivity index (χ2v) is 7.23. The van der Waals surface area contributed by atoms with E-state index in [-0.39, 0.29) is 5.56 Å². The van der Waals surface area contributed by atoms with E-state index in [2.05, 4.69) is 31.9 Å². The number of rotatable bonds is 2. The van der Waals surface area contributed by atoms with Gasteiger partial charge in [0.1, 0.15) is 11.3 Å². The van der Waals surface area contributed by atoms with Gasteiger partial charge in [-0.25, -0.2) is 9.59 Å². The largest absolute Gasteiger partial charge is 0.423 e. The Kier molecular flexibility index (Phi) is 4.80. The lowest BCUT2D eigenvalue weighted by molar-refractivity contribution is 0.0730. The standard InChI is InChI=1S/C17H9Br2ClO4/c1-8-4-11(2-3-14(8)20)23-16(21)12-6-9-5-10(18)7-13(19)15(9)24-17(12)22/h2-7H,1H3. The minimum absolute atomic E-state index is 0.180. The Bertz CT molecular complexity index is 1030. The summed E-state index contributed by atoms with van der Waals surface area (Å²) in [5.74, 6) is -0.486. The number of ether oxygens (including phenoxy) is 1. The van der Waals surface area contributed by atoms with Crippen LogP contribution in [0.3, 0.4) is 0 Å². The molecule has 4 nitrogen and oxygen atoms in total. The molecule has 7 heteroatoms. The van der Waals surface area contributed by atoms with Crippen LogP contribution in [0.25, 0.3) is 11.0 Å². The van der Waals surface area contributed by atoms with Crippen molar-refractivity contribution in [2.45, 2.75) is 6.92 Å². The van der Waals surface area contributed by atoms with Gasteiger partial charge in [-0.05, 0) is 64.8 Å². The van der Waals surface area contributed by atoms with Crippen LogP contribution in [0.5, 0.6) is 5.75 Å². The molecule has 0 unspecified atom stereocenters. The lowest BCUT2D eigenvalue weighted by Crippen LogP contribution is -2.18. The van der Waals surface area contributed by atoms with Gasteiger partial charge >= 0.3 is 11.6 Å². The van der Waals surface area contributed by atoms with E-state index >= 15 is 0 Å². The van der Waals surface area contributed by atoms with Crippen molar-refractivity contribution in [2.24, 2.45) is 0 Å². The minimum atomic E-state index is -0.788. The molecule has 0 saturated carbocycles. The summed E-state index contributed by atoms with van der Waals surface area (Å²) >= 11 is 12.6. The number of halogens is 3. The van der Waals surface area contributed by atoms with Crippen molar-refractivity contribution in [1.29, 1.82) is 0 Å². The van der Waals surface area contributed by atoms with Crippen LogP contribution in [0.2, 0.25) is 5.02 Å². The molecule has 0 amide bonds. The third-order valence-electron chi connectivity index (χ3n) is 3.31. The molecule has 24 heavy (non-hydrogen) atoms. The molecule has 3 aromatic rings. The first-order valence-electron chi connectivity index (χ1n) is 6.76. The molecule has 1 heterocycles. The topological polar surface area (TPSA) is 56.5 Å². The van der Waals surface area contributed by atoms with E-state index in [0.29, 0.717) is 26.2 Å². The summed E-state index contributed by atoms with van der Waals surface area (Å²) in [6.45, 7) is 1.79. The normalized spacial score (nSPS) is 10.8. The molecule has 1 aromatic heterocycles. The Morgan fingerprint density at radius 1 is 1.17 bits per heavy atom. The summed E-state index contributed by atoms with van der Waals surface area (Å²) in [6.07, 6.45) is 0. The number of hydrogen-bond acceptors (Lipinski definition) is 4. The zero-order valence-corrected chi connectivity index (χ0v) is 16.2. The van der Waals surface area contributed by atoms with Crippen LogP contribution in [0.15, 0.2) is 54.6 Å². The van der Waals surface area contributed by atoms with Crippen LogP contribution >= 0.6 is 43.5 Å². The van der Waals surface area contributed by atoms with Crippen molar-refractivity contribution in [3.05, 3.63) is 71.9 Å². The van der Waals surface area contributed by atoms with Crippen molar-refractivity contribution in [3.63, 3.8) is 0 Å². The van der Waals surface area contributed by atoms with Gasteiger partial charge in [-0.1, -0.05) is 27.5 Å². The van der Waals surface area contributed by atoms with Gasteiger partial charge < -0.3 is 9.15 Å². The maximum atomic E-state index is 12.3. The van der Waals surface area contributed by atoms with Crippen LogP contribution in [-0.4, -0.2) is 5.97 Å². The van der Waals surface area contributed by atoms with Gasteiger partial charge in [0.05, 0.1) is 4.47 Å². The SMILES string of the molecule is Cc1cc(OC(=O)c2cc3cc(Br)cc(Br)c3oc2=O)ccc1Cl. The number of aryl methyl sites for hydroxylation is 1. The molecular formula is C17H9Br2ClO4. The smallest absolute Gasteiger partial charge is 0.351 e. The van der Waals surface area contributed by atoms with Crippen molar-refractivity contribution in [1.82, 2.24) is 0 Å². The number of esters is 1. The maximum absolute atomic E-state index is 12.3. The summed E-state index contributed by atoms with van der Waals surface area (Å²) in [6, 6.07) is 9.74. The first kappa shape index (κ1) is 17.2. The van der Waals surface area contributed by atoms with Crippen LogP contribution in [0.1, 0.15) is 15.9 Å². The van der Waals surface area contributed by atoms with E-state index in [1.807, 2.05) is 0 Å². The quantitative estimate of drug-likeness (QED) is 0.281. The number of carbonyl (C=O) groups is 1. The monoisotopic (exact) mass is 470 g/mol. The highest BCUT2D eigenvalue weighted by atomic mass is 79.9. The second-order valence-electron chi connectivity index (χ2n) is 5.05. The van der Waals surface area contributed by atoms with Gasteiger partial charge in [0.2, 0.25) is 0 Å². The van der Waals surface area contributed by atoms with Gasteiger partial charge in [-0.2, -0.15) is 0 Å². The fourth-order valence-electron chi connectivity index (χ4n) is 2.14. The molecule has 0 atom stereocenters. The fraction of sp³-hybridized carbons (Fsp3) is 0.0588. The summed E-state index contributed by atoms with van der Waals surface area (Å²) in [5, 5.41) is 1.16. The lowest BCUT2D eigenvalue weighted by Gasteiger charge is -2.07. The number of carbonyl (C=O) groups excluding carboxylic acids is 1. The predicted molar refractivity (Wildman–Crippen MR) is 99.0 cm³/mol. The zero-order valence-electron chi connectivity index (χ0n) is 12.2. The van der Waals surface area contributed by atoms with Crippen LogP contribution in [0.4, 0.5) is 0 Å². The number of fused-ring (bicyclic) bond motifs is 1. The van der Waals surface area contributed by atoms with Crippen molar-refractivity contribution in [3.8, 4) is 5.75 Å². The molecule has 0 saturated heterocycles.